The molecule has 1 fully saturated rings. The van der Waals surface area contributed by atoms with E-state index in [1.165, 1.54) is 6.07 Å². The van der Waals surface area contributed by atoms with Gasteiger partial charge in [0, 0.05) is 36.7 Å². The van der Waals surface area contributed by atoms with Crippen molar-refractivity contribution in [2.45, 2.75) is 85.2 Å². The number of carbonyl (C=O) groups excluding carboxylic acids is 2. The normalized spacial score (nSPS) is 18.1. The molecule has 0 saturated heterocycles. The van der Waals surface area contributed by atoms with Gasteiger partial charge < -0.3 is 10.1 Å². The molecule has 0 aliphatic heterocycles. The Kier molecular flexibility index (Phi) is 7.90. The number of ether oxygens (including phenoxy) is 1. The van der Waals surface area contributed by atoms with Gasteiger partial charge in [0.1, 0.15) is 16.9 Å². The van der Waals surface area contributed by atoms with Gasteiger partial charge in [0.15, 0.2) is 5.82 Å². The van der Waals surface area contributed by atoms with Crippen LogP contribution in [0.1, 0.15) is 83.9 Å². The number of benzene rings is 1. The van der Waals surface area contributed by atoms with Crippen LogP contribution in [0, 0.1) is 24.6 Å². The van der Waals surface area contributed by atoms with Gasteiger partial charge in [-0.2, -0.15) is 5.10 Å². The molecule has 0 bridgehead atoms. The number of nitrogens with zero attached hydrogens (tertiary/aromatic N) is 3. The van der Waals surface area contributed by atoms with Crippen LogP contribution in [0.3, 0.4) is 0 Å². The van der Waals surface area contributed by atoms with Gasteiger partial charge in [-0.1, -0.05) is 20.3 Å². The van der Waals surface area contributed by atoms with Crippen LogP contribution < -0.4 is 5.32 Å². The highest BCUT2D eigenvalue weighted by atomic mass is 19.1. The second kappa shape index (κ2) is 10.8. The number of nitrogens with one attached hydrogen (secondary N) is 1. The Bertz CT molecular complexity index is 1360. The van der Waals surface area contributed by atoms with Crippen molar-refractivity contribution >= 4 is 28.6 Å². The summed E-state index contributed by atoms with van der Waals surface area (Å²) in [6.07, 6.45) is 5.25. The van der Waals surface area contributed by atoms with Crippen molar-refractivity contribution in [3.63, 3.8) is 0 Å². The second-order valence-corrected chi connectivity index (χ2v) is 11.9. The van der Waals surface area contributed by atoms with E-state index in [2.05, 4.69) is 29.2 Å². The number of aromatic nitrogens is 3. The molecular formula is C30H39FN4O3. The second-order valence-electron chi connectivity index (χ2n) is 11.9. The van der Waals surface area contributed by atoms with Gasteiger partial charge in [0.2, 0.25) is 5.91 Å². The summed E-state index contributed by atoms with van der Waals surface area (Å²) in [7, 11) is 1.84. The van der Waals surface area contributed by atoms with Crippen LogP contribution >= 0.6 is 0 Å². The van der Waals surface area contributed by atoms with Crippen LogP contribution in [0.4, 0.5) is 10.2 Å². The van der Waals surface area contributed by atoms with Crippen molar-refractivity contribution in [2.75, 3.05) is 5.32 Å². The fourth-order valence-electron chi connectivity index (χ4n) is 5.58. The van der Waals surface area contributed by atoms with E-state index < -0.39 is 5.60 Å². The summed E-state index contributed by atoms with van der Waals surface area (Å²) >= 11 is 0. The molecule has 1 aromatic carbocycles. The van der Waals surface area contributed by atoms with Crippen molar-refractivity contribution in [2.24, 2.45) is 18.9 Å². The number of pyridine rings is 1. The Labute approximate surface area is 224 Å². The topological polar surface area (TPSA) is 86.1 Å². The van der Waals surface area contributed by atoms with Crippen molar-refractivity contribution in [1.29, 1.82) is 0 Å². The Balaban J connectivity index is 1.52. The van der Waals surface area contributed by atoms with E-state index in [0.717, 1.165) is 47.0 Å². The number of fused-ring (bicyclic) bond motifs is 1. The Morgan fingerprint density at radius 1 is 1.21 bits per heavy atom. The molecule has 4 rings (SSSR count). The molecule has 1 N–H and O–H groups in total. The largest absolute Gasteiger partial charge is 0.460 e. The zero-order chi connectivity index (χ0) is 27.8. The van der Waals surface area contributed by atoms with Gasteiger partial charge in [0.25, 0.3) is 0 Å². The number of hydrogen-bond acceptors (Lipinski definition) is 5. The lowest BCUT2D eigenvalue weighted by molar-refractivity contribution is -0.156. The van der Waals surface area contributed by atoms with E-state index in [1.807, 2.05) is 40.8 Å². The quantitative estimate of drug-likeness (QED) is 0.365. The highest BCUT2D eigenvalue weighted by Gasteiger charge is 2.30. The molecule has 204 valence electrons. The summed E-state index contributed by atoms with van der Waals surface area (Å²) in [4.78, 5) is 29.9. The van der Waals surface area contributed by atoms with Crippen molar-refractivity contribution in [3.05, 3.63) is 41.5 Å². The number of esters is 1. The van der Waals surface area contributed by atoms with E-state index in [0.29, 0.717) is 24.2 Å². The molecule has 2 heterocycles. The number of aryl methyl sites for hydroxylation is 2. The highest BCUT2D eigenvalue weighted by Crippen LogP contribution is 2.35. The minimum Gasteiger partial charge on any atom is -0.460 e. The first kappa shape index (κ1) is 27.7. The van der Waals surface area contributed by atoms with Crippen LogP contribution in [0.2, 0.25) is 0 Å². The fraction of sp³-hybridized carbons (Fsp3) is 0.533. The first-order chi connectivity index (χ1) is 17.8. The van der Waals surface area contributed by atoms with E-state index in [-0.39, 0.29) is 35.4 Å². The molecule has 2 atom stereocenters. The summed E-state index contributed by atoms with van der Waals surface area (Å²) in [5.74, 6) is -0.145. The first-order valence-corrected chi connectivity index (χ1v) is 13.5. The Morgan fingerprint density at radius 2 is 1.95 bits per heavy atom. The van der Waals surface area contributed by atoms with E-state index >= 15 is 4.39 Å². The average Bonchev–Trinajstić information content (AvgIpc) is 3.15. The molecule has 8 heteroatoms. The predicted octanol–water partition coefficient (Wildman–Crippen LogP) is 6.68. The summed E-state index contributed by atoms with van der Waals surface area (Å²) in [5.41, 5.74) is 3.22. The smallest absolute Gasteiger partial charge is 0.306 e. The molecule has 0 unspecified atom stereocenters. The van der Waals surface area contributed by atoms with Crippen LogP contribution in [0.25, 0.3) is 22.0 Å². The molecule has 1 saturated carbocycles. The van der Waals surface area contributed by atoms with E-state index in [1.54, 1.807) is 16.9 Å². The molecule has 38 heavy (non-hydrogen) atoms. The van der Waals surface area contributed by atoms with Crippen molar-refractivity contribution in [3.8, 4) is 11.1 Å². The lowest BCUT2D eigenvalue weighted by Crippen LogP contribution is -2.31. The van der Waals surface area contributed by atoms with E-state index in [9.17, 15) is 9.59 Å². The number of hydrogen-bond donors (Lipinski definition) is 1. The molecule has 3 aromatic rings. The van der Waals surface area contributed by atoms with Gasteiger partial charge in [-0.05, 0) is 93.7 Å². The maximum atomic E-state index is 15.1. The van der Waals surface area contributed by atoms with Crippen molar-refractivity contribution in [1.82, 2.24) is 14.8 Å². The maximum Gasteiger partial charge on any atom is 0.306 e. The minimum atomic E-state index is -0.516. The molecule has 0 spiro atoms. The number of rotatable bonds is 6. The van der Waals surface area contributed by atoms with E-state index in [4.69, 9.17) is 4.74 Å². The van der Waals surface area contributed by atoms with Crippen molar-refractivity contribution < 1.29 is 18.7 Å². The minimum absolute atomic E-state index is 0.0998. The van der Waals surface area contributed by atoms with Gasteiger partial charge in [-0.3, -0.25) is 14.3 Å². The maximum absolute atomic E-state index is 15.1. The predicted molar refractivity (Wildman–Crippen MR) is 147 cm³/mol. The van der Waals surface area contributed by atoms with Gasteiger partial charge in [0.05, 0.1) is 0 Å². The zero-order valence-corrected chi connectivity index (χ0v) is 23.5. The molecule has 7 nitrogen and oxygen atoms in total. The SMILES string of the molecule is Cc1cnc(NC(=O)[C@H]2CCC[C@@H](CC(=O)OC(C)(C)C)C2)cc1-c1cc(F)c2nn(C)c(C(C)C)c2c1. The number of amides is 1. The third-order valence-corrected chi connectivity index (χ3v) is 7.18. The van der Waals surface area contributed by atoms with Crippen LogP contribution in [-0.2, 0) is 21.4 Å². The summed E-state index contributed by atoms with van der Waals surface area (Å²) in [6, 6.07) is 5.27. The Hall–Kier alpha value is -3.29. The standard InChI is InChI=1S/C30H39FN4O3/c1-17(2)28-23-13-21(14-24(31)27(23)34-35(28)7)22-15-25(32-16-18(22)3)33-29(37)20-10-8-9-19(11-20)12-26(36)38-30(4,5)6/h13-17,19-20H,8-12H2,1-7H3,(H,32,33,37)/t19-,20+/m1/s1. The third-order valence-electron chi connectivity index (χ3n) is 7.18. The molecule has 1 amide bonds. The van der Waals surface area contributed by atoms with Gasteiger partial charge >= 0.3 is 5.97 Å². The summed E-state index contributed by atoms with van der Waals surface area (Å²) in [6.45, 7) is 11.6. The molecule has 2 aromatic heterocycles. The molecule has 1 aliphatic carbocycles. The monoisotopic (exact) mass is 522 g/mol. The average molecular weight is 523 g/mol. The number of halogens is 1. The summed E-state index contributed by atoms with van der Waals surface area (Å²) in [5, 5.41) is 8.14. The van der Waals surface area contributed by atoms with Crippen LogP contribution in [-0.4, -0.2) is 32.2 Å². The Morgan fingerprint density at radius 3 is 2.63 bits per heavy atom. The zero-order valence-electron chi connectivity index (χ0n) is 23.5. The number of anilines is 1. The fourth-order valence-corrected chi connectivity index (χ4v) is 5.58. The van der Waals surface area contributed by atoms with Crippen LogP contribution in [0.5, 0.6) is 0 Å². The first-order valence-electron chi connectivity index (χ1n) is 13.5. The van der Waals surface area contributed by atoms with Crippen LogP contribution in [0.15, 0.2) is 24.4 Å². The molecule has 1 aliphatic rings. The number of carbonyl (C=O) groups is 2. The van der Waals surface area contributed by atoms with Gasteiger partial charge in [-0.15, -0.1) is 0 Å². The third kappa shape index (κ3) is 6.22. The lowest BCUT2D eigenvalue weighted by atomic mass is 9.79. The molecular weight excluding hydrogens is 483 g/mol. The lowest BCUT2D eigenvalue weighted by Gasteiger charge is -2.29. The summed E-state index contributed by atoms with van der Waals surface area (Å²) < 4.78 is 22.3. The highest BCUT2D eigenvalue weighted by molar-refractivity contribution is 5.93. The van der Waals surface area contributed by atoms with Gasteiger partial charge in [-0.25, -0.2) is 9.37 Å². The molecule has 0 radical (unpaired) electrons.